The van der Waals surface area contributed by atoms with Crippen LogP contribution in [0.1, 0.15) is 16.7 Å². The quantitative estimate of drug-likeness (QED) is 0.500. The Balaban J connectivity index is 0.00000109. The highest BCUT2D eigenvalue weighted by Crippen LogP contribution is 2.24. The number of benzene rings is 3. The van der Waals surface area contributed by atoms with Crippen LogP contribution >= 0.6 is 0 Å². The number of hydrogen-bond donors (Lipinski definition) is 2. The Hall–Kier alpha value is -2.95. The van der Waals surface area contributed by atoms with Crippen LogP contribution in [0.3, 0.4) is 0 Å². The number of para-hydroxylation sites is 1. The van der Waals surface area contributed by atoms with Crippen molar-refractivity contribution in [3.05, 3.63) is 95.6 Å². The van der Waals surface area contributed by atoms with Gasteiger partial charge in [0.25, 0.3) is 0 Å². The van der Waals surface area contributed by atoms with Gasteiger partial charge in [0.2, 0.25) is 0 Å². The highest BCUT2D eigenvalue weighted by Gasteiger charge is 2.06. The highest BCUT2D eigenvalue weighted by atomic mass is 17.1. The van der Waals surface area contributed by atoms with Gasteiger partial charge in [-0.05, 0) is 35.7 Å². The van der Waals surface area contributed by atoms with Crippen LogP contribution in [0.25, 0.3) is 0 Å². The average Bonchev–Trinajstić information content (AvgIpc) is 2.67. The summed E-state index contributed by atoms with van der Waals surface area (Å²) in [5, 5.41) is 12.2. The maximum atomic E-state index is 8.79. The number of hydrogen-bond acceptors (Lipinski definition) is 4. The third-order valence-electron chi connectivity index (χ3n) is 3.70. The number of carbonyl (C=O) groups is 1. The molecule has 25 heavy (non-hydrogen) atoms. The first-order valence-corrected chi connectivity index (χ1v) is 7.88. The van der Waals surface area contributed by atoms with Crippen molar-refractivity contribution in [2.75, 3.05) is 5.32 Å². The second kappa shape index (κ2) is 10.0. The molecule has 3 rings (SSSR count). The van der Waals surface area contributed by atoms with Crippen LogP contribution in [-0.2, 0) is 22.7 Å². The Bertz CT molecular complexity index is 761. The first kappa shape index (κ1) is 18.4. The van der Waals surface area contributed by atoms with Crippen LogP contribution < -0.4 is 5.32 Å². The molecule has 0 aliphatic carbocycles. The molecule has 0 fully saturated rings. The van der Waals surface area contributed by atoms with Crippen molar-refractivity contribution in [2.24, 2.45) is 0 Å². The lowest BCUT2D eigenvalue weighted by Crippen LogP contribution is -1.99. The fourth-order valence-electron chi connectivity index (χ4n) is 2.55. The van der Waals surface area contributed by atoms with E-state index in [1.807, 2.05) is 61.4 Å². The molecule has 0 aliphatic rings. The lowest BCUT2D eigenvalue weighted by molar-refractivity contribution is -0.252. The van der Waals surface area contributed by atoms with Gasteiger partial charge in [-0.25, -0.2) is 4.89 Å². The fraction of sp³-hybridized carbons (Fsp3) is 0.0952. The lowest BCUT2D eigenvalue weighted by Gasteiger charge is -2.13. The summed E-state index contributed by atoms with van der Waals surface area (Å²) in [5.41, 5.74) is 5.33. The van der Waals surface area contributed by atoms with E-state index in [0.717, 1.165) is 23.4 Å². The average molecular weight is 335 g/mol. The molecule has 0 saturated carbocycles. The molecule has 4 nitrogen and oxygen atoms in total. The molecular weight excluding hydrogens is 314 g/mol. The topological polar surface area (TPSA) is 58.6 Å². The van der Waals surface area contributed by atoms with Crippen LogP contribution in [0.4, 0.5) is 11.4 Å². The first-order valence-electron chi connectivity index (χ1n) is 7.88. The molecule has 0 saturated heterocycles. The van der Waals surface area contributed by atoms with Gasteiger partial charge in [0.05, 0.1) is 0 Å². The number of nitrogens with one attached hydrogen (secondary N) is 1. The Kier molecular flexibility index (Phi) is 7.38. The molecule has 128 valence electrons. The zero-order valence-corrected chi connectivity index (χ0v) is 13.9. The lowest BCUT2D eigenvalue weighted by atomic mass is 10.0. The van der Waals surface area contributed by atoms with Gasteiger partial charge in [-0.3, -0.25) is 5.26 Å². The van der Waals surface area contributed by atoms with E-state index in [9.17, 15) is 0 Å². The van der Waals surface area contributed by atoms with E-state index in [1.54, 1.807) is 0 Å². The summed E-state index contributed by atoms with van der Waals surface area (Å²) in [5.74, 6) is 0. The van der Waals surface area contributed by atoms with Crippen molar-refractivity contribution in [1.29, 1.82) is 0 Å². The van der Waals surface area contributed by atoms with Gasteiger partial charge in [-0.15, -0.1) is 0 Å². The standard InChI is InChI=1S/C20H19NO2.CH2O/c22-23-15-18-12-11-17(13-16-7-3-1-4-8-16)14-20(18)21-19-9-5-2-6-10-19;1-2/h1-12,14,21-22H,13,15H2;1H2. The van der Waals surface area contributed by atoms with Crippen molar-refractivity contribution in [3.8, 4) is 0 Å². The summed E-state index contributed by atoms with van der Waals surface area (Å²) in [4.78, 5) is 12.3. The van der Waals surface area contributed by atoms with E-state index >= 15 is 0 Å². The largest absolute Gasteiger partial charge is 0.355 e. The van der Waals surface area contributed by atoms with Crippen molar-refractivity contribution >= 4 is 18.2 Å². The molecule has 3 aromatic carbocycles. The molecule has 3 aromatic rings. The molecule has 0 aliphatic heterocycles. The second-order valence-corrected chi connectivity index (χ2v) is 5.42. The molecule has 4 heteroatoms. The summed E-state index contributed by atoms with van der Waals surface area (Å²) in [6.45, 7) is 2.15. The zero-order chi connectivity index (χ0) is 17.9. The molecule has 0 atom stereocenters. The Morgan fingerprint density at radius 1 is 0.840 bits per heavy atom. The molecule has 0 amide bonds. The number of anilines is 2. The van der Waals surface area contributed by atoms with Gasteiger partial charge >= 0.3 is 0 Å². The van der Waals surface area contributed by atoms with Gasteiger partial charge in [0, 0.05) is 16.9 Å². The SMILES string of the molecule is C=O.OOCc1ccc(Cc2ccccc2)cc1Nc1ccccc1. The Labute approximate surface area is 147 Å². The molecule has 2 N–H and O–H groups in total. The normalized spacial score (nSPS) is 9.80. The van der Waals surface area contributed by atoms with Crippen molar-refractivity contribution < 1.29 is 14.9 Å². The molecular formula is C21H21NO3. The molecule has 0 unspecified atom stereocenters. The maximum Gasteiger partial charge on any atom is 0.109 e. The minimum absolute atomic E-state index is 0.154. The number of rotatable bonds is 6. The van der Waals surface area contributed by atoms with Crippen molar-refractivity contribution in [1.82, 2.24) is 0 Å². The molecule has 0 aromatic heterocycles. The van der Waals surface area contributed by atoms with Gasteiger partial charge in [0.15, 0.2) is 0 Å². The minimum Gasteiger partial charge on any atom is -0.355 e. The summed E-state index contributed by atoms with van der Waals surface area (Å²) < 4.78 is 0. The van der Waals surface area contributed by atoms with E-state index < -0.39 is 0 Å². The summed E-state index contributed by atoms with van der Waals surface area (Å²) in [6.07, 6.45) is 0.866. The summed E-state index contributed by atoms with van der Waals surface area (Å²) in [7, 11) is 0. The highest BCUT2D eigenvalue weighted by molar-refractivity contribution is 5.64. The monoisotopic (exact) mass is 335 g/mol. The summed E-state index contributed by atoms with van der Waals surface area (Å²) >= 11 is 0. The molecule has 0 heterocycles. The van der Waals surface area contributed by atoms with Crippen LogP contribution in [0.5, 0.6) is 0 Å². The van der Waals surface area contributed by atoms with Crippen LogP contribution in [0.2, 0.25) is 0 Å². The molecule has 0 radical (unpaired) electrons. The van der Waals surface area contributed by atoms with E-state index in [0.29, 0.717) is 0 Å². The zero-order valence-electron chi connectivity index (χ0n) is 13.9. The first-order chi connectivity index (χ1) is 12.3. The maximum absolute atomic E-state index is 8.79. The Morgan fingerprint density at radius 3 is 2.12 bits per heavy atom. The fourth-order valence-corrected chi connectivity index (χ4v) is 2.55. The van der Waals surface area contributed by atoms with Crippen LogP contribution in [-0.4, -0.2) is 12.0 Å². The van der Waals surface area contributed by atoms with E-state index in [4.69, 9.17) is 10.1 Å². The van der Waals surface area contributed by atoms with E-state index in [1.165, 1.54) is 11.1 Å². The van der Waals surface area contributed by atoms with Crippen LogP contribution in [0, 0.1) is 0 Å². The smallest absolute Gasteiger partial charge is 0.109 e. The Morgan fingerprint density at radius 2 is 1.48 bits per heavy atom. The third-order valence-corrected chi connectivity index (χ3v) is 3.70. The minimum atomic E-state index is 0.154. The van der Waals surface area contributed by atoms with Gasteiger partial charge in [-0.2, -0.15) is 0 Å². The third kappa shape index (κ3) is 5.57. The molecule has 0 spiro atoms. The molecule has 0 bridgehead atoms. The second-order valence-electron chi connectivity index (χ2n) is 5.42. The van der Waals surface area contributed by atoms with E-state index in [2.05, 4.69) is 34.5 Å². The van der Waals surface area contributed by atoms with Gasteiger partial charge in [-0.1, -0.05) is 60.7 Å². The predicted octanol–water partition coefficient (Wildman–Crippen LogP) is 4.83. The van der Waals surface area contributed by atoms with Crippen molar-refractivity contribution in [3.63, 3.8) is 0 Å². The van der Waals surface area contributed by atoms with Crippen molar-refractivity contribution in [2.45, 2.75) is 13.0 Å². The summed E-state index contributed by atoms with van der Waals surface area (Å²) in [6, 6.07) is 26.5. The number of carbonyl (C=O) groups excluding carboxylic acids is 1. The predicted molar refractivity (Wildman–Crippen MR) is 100.0 cm³/mol. The van der Waals surface area contributed by atoms with Gasteiger partial charge in [0.1, 0.15) is 13.4 Å². The van der Waals surface area contributed by atoms with E-state index in [-0.39, 0.29) is 6.61 Å². The van der Waals surface area contributed by atoms with Gasteiger partial charge < -0.3 is 10.1 Å². The van der Waals surface area contributed by atoms with Crippen LogP contribution in [0.15, 0.2) is 78.9 Å².